The number of hydrogen-bond acceptors (Lipinski definition) is 1. The standard InChI is InChI=1S/C8H12BN.C5H5.2ClH.Ti/c1-10(2)9-8-6-4-3-5-7-8;1-2-4-5-3-1;;;/h3-7,9H,1-2H3;1-3H,4H2;2*1H;. The van der Waals surface area contributed by atoms with Gasteiger partial charge in [-0.3, -0.25) is 0 Å². The van der Waals surface area contributed by atoms with Crippen LogP contribution in [0.25, 0.3) is 0 Å². The summed E-state index contributed by atoms with van der Waals surface area (Å²) < 4.78 is 1.47. The Morgan fingerprint density at radius 2 is 1.72 bits per heavy atom. The molecule has 1 nitrogen and oxygen atoms in total. The summed E-state index contributed by atoms with van der Waals surface area (Å²) in [5.41, 5.74) is 1.37. The predicted molar refractivity (Wildman–Crippen MR) is 83.2 cm³/mol. The van der Waals surface area contributed by atoms with Gasteiger partial charge in [-0.25, -0.2) is 0 Å². The average Bonchev–Trinajstić information content (AvgIpc) is 2.71. The van der Waals surface area contributed by atoms with Gasteiger partial charge in [-0.2, -0.15) is 0 Å². The Kier molecular flexibility index (Phi) is 13.6. The summed E-state index contributed by atoms with van der Waals surface area (Å²) >= 11 is 2.14. The quantitative estimate of drug-likeness (QED) is 0.757. The van der Waals surface area contributed by atoms with Gasteiger partial charge in [-0.1, -0.05) is 35.8 Å². The molecule has 1 aromatic rings. The van der Waals surface area contributed by atoms with E-state index in [1.54, 1.807) is 0 Å². The Morgan fingerprint density at radius 3 is 2.06 bits per heavy atom. The van der Waals surface area contributed by atoms with Gasteiger partial charge in [-0.05, 0) is 14.1 Å². The second-order valence-electron chi connectivity index (χ2n) is 4.05. The van der Waals surface area contributed by atoms with Crippen molar-refractivity contribution in [3.8, 4) is 0 Å². The Balaban J connectivity index is 0. The summed E-state index contributed by atoms with van der Waals surface area (Å²) in [5.74, 6) is 0. The summed E-state index contributed by atoms with van der Waals surface area (Å²) in [7, 11) is 5.18. The molecule has 0 unspecified atom stereocenters. The molecule has 0 saturated carbocycles. The minimum absolute atomic E-state index is 0. The van der Waals surface area contributed by atoms with Crippen molar-refractivity contribution in [1.82, 2.24) is 4.81 Å². The maximum atomic E-state index is 2.16. The molecule has 1 aliphatic rings. The van der Waals surface area contributed by atoms with Crippen LogP contribution in [-0.2, 0) is 20.4 Å². The van der Waals surface area contributed by atoms with Crippen LogP contribution in [0, 0.1) is 0 Å². The second kappa shape index (κ2) is 12.1. The summed E-state index contributed by atoms with van der Waals surface area (Å²) in [6.07, 6.45) is 7.56. The molecule has 0 heterocycles. The number of nitrogens with zero attached hydrogens (tertiary/aromatic N) is 1. The topological polar surface area (TPSA) is 3.24 Å². The zero-order chi connectivity index (χ0) is 11.8. The van der Waals surface area contributed by atoms with Crippen molar-refractivity contribution < 1.29 is 20.4 Å². The Hall–Kier alpha value is 0.0192. The van der Waals surface area contributed by atoms with E-state index in [-0.39, 0.29) is 24.8 Å². The molecule has 0 atom stereocenters. The maximum absolute atomic E-state index is 2.16. The van der Waals surface area contributed by atoms with Crippen molar-refractivity contribution in [3.05, 3.63) is 52.4 Å². The van der Waals surface area contributed by atoms with Gasteiger partial charge >= 0.3 is 49.0 Å². The van der Waals surface area contributed by atoms with Gasteiger partial charge in [0.15, 0.2) is 0 Å². The van der Waals surface area contributed by atoms with Gasteiger partial charge in [0.25, 0.3) is 0 Å². The Morgan fingerprint density at radius 1 is 1.11 bits per heavy atom. The molecule has 2 rings (SSSR count). The van der Waals surface area contributed by atoms with Crippen LogP contribution >= 0.6 is 24.8 Å². The van der Waals surface area contributed by atoms with Gasteiger partial charge in [0, 0.05) is 0 Å². The monoisotopic (exact) mass is 318 g/mol. The molecule has 18 heavy (non-hydrogen) atoms. The van der Waals surface area contributed by atoms with E-state index in [0.717, 1.165) is 7.41 Å². The summed E-state index contributed by atoms with van der Waals surface area (Å²) in [5, 5.41) is 0. The average molecular weight is 319 g/mol. The third-order valence-corrected chi connectivity index (χ3v) is 2.69. The number of benzene rings is 1. The molecule has 0 saturated heterocycles. The molecule has 1 aromatic carbocycles. The molecule has 0 radical (unpaired) electrons. The summed E-state index contributed by atoms with van der Waals surface area (Å²) in [4.78, 5) is 2.16. The third kappa shape index (κ3) is 9.99. The zero-order valence-electron chi connectivity index (χ0n) is 10.8. The Bertz CT molecular complexity index is 367. The van der Waals surface area contributed by atoms with E-state index in [1.165, 1.54) is 15.8 Å². The van der Waals surface area contributed by atoms with E-state index in [2.05, 4.69) is 81.8 Å². The molecule has 1 aliphatic carbocycles. The van der Waals surface area contributed by atoms with Crippen molar-refractivity contribution >= 4 is 37.7 Å². The molecule has 0 aromatic heterocycles. The van der Waals surface area contributed by atoms with Crippen LogP contribution < -0.4 is 5.46 Å². The predicted octanol–water partition coefficient (Wildman–Crippen LogP) is 2.45. The normalized spacial score (nSPS) is 11.6. The van der Waals surface area contributed by atoms with E-state index in [1.807, 2.05) is 6.07 Å². The van der Waals surface area contributed by atoms with E-state index >= 15 is 0 Å². The first-order valence-corrected chi connectivity index (χ1v) is 6.22. The first kappa shape index (κ1) is 20.3. The molecular weight excluding hydrogens is 300 g/mol. The van der Waals surface area contributed by atoms with Crippen LogP contribution in [-0.4, -0.2) is 26.3 Å². The third-order valence-electron chi connectivity index (χ3n) is 2.11. The molecule has 0 amide bonds. The molecule has 5 heteroatoms. The number of halogens is 2. The van der Waals surface area contributed by atoms with Gasteiger partial charge in [0.1, 0.15) is 0 Å². The van der Waals surface area contributed by atoms with Gasteiger partial charge in [0.2, 0.25) is 7.41 Å². The molecule has 0 aliphatic heterocycles. The van der Waals surface area contributed by atoms with Crippen LogP contribution in [0.3, 0.4) is 0 Å². The summed E-state index contributed by atoms with van der Waals surface area (Å²) in [6, 6.07) is 10.5. The van der Waals surface area contributed by atoms with Gasteiger partial charge < -0.3 is 4.81 Å². The fraction of sp³-hybridized carbons (Fsp3) is 0.231. The minimum atomic E-state index is 0. The van der Waals surface area contributed by atoms with Crippen LogP contribution in [0.5, 0.6) is 0 Å². The number of allylic oxidation sites excluding steroid dienone is 4. The zero-order valence-corrected chi connectivity index (χ0v) is 14.0. The molecule has 0 fully saturated rings. The SMILES string of the molecule is CN(C)Bc1ccccc1.Cl.Cl.[Ti][C]1=CC=CC1. The van der Waals surface area contributed by atoms with Gasteiger partial charge in [0.05, 0.1) is 0 Å². The molecule has 97 valence electrons. The molecule has 0 bridgehead atoms. The fourth-order valence-corrected chi connectivity index (χ4v) is 1.73. The number of hydrogen-bond donors (Lipinski definition) is 0. The van der Waals surface area contributed by atoms with Crippen molar-refractivity contribution in [2.45, 2.75) is 6.42 Å². The van der Waals surface area contributed by atoms with E-state index in [4.69, 9.17) is 0 Å². The molecular formula is C13H19BCl2NTi. The van der Waals surface area contributed by atoms with Crippen LogP contribution in [0.15, 0.2) is 52.4 Å². The second-order valence-corrected chi connectivity index (χ2v) is 5.05. The number of rotatable bonds is 2. The van der Waals surface area contributed by atoms with E-state index < -0.39 is 0 Å². The van der Waals surface area contributed by atoms with Crippen molar-refractivity contribution in [2.75, 3.05) is 14.1 Å². The Labute approximate surface area is 135 Å². The van der Waals surface area contributed by atoms with Crippen molar-refractivity contribution in [1.29, 1.82) is 0 Å². The fourth-order valence-electron chi connectivity index (χ4n) is 1.40. The van der Waals surface area contributed by atoms with Crippen LogP contribution in [0.4, 0.5) is 0 Å². The van der Waals surface area contributed by atoms with E-state index in [9.17, 15) is 0 Å². The first-order valence-electron chi connectivity index (χ1n) is 5.44. The van der Waals surface area contributed by atoms with E-state index in [0.29, 0.717) is 0 Å². The van der Waals surface area contributed by atoms with Crippen LogP contribution in [0.2, 0.25) is 0 Å². The van der Waals surface area contributed by atoms with Crippen molar-refractivity contribution in [3.63, 3.8) is 0 Å². The summed E-state index contributed by atoms with van der Waals surface area (Å²) in [6.45, 7) is 0. The van der Waals surface area contributed by atoms with Crippen molar-refractivity contribution in [2.24, 2.45) is 0 Å². The molecule has 0 spiro atoms. The molecule has 0 N–H and O–H groups in total. The first-order chi connectivity index (χ1) is 7.68. The van der Waals surface area contributed by atoms with Crippen LogP contribution in [0.1, 0.15) is 6.42 Å². The van der Waals surface area contributed by atoms with Gasteiger partial charge in [-0.15, -0.1) is 24.8 Å².